The summed E-state index contributed by atoms with van der Waals surface area (Å²) in [5.41, 5.74) is 2.51. The average molecular weight is 459 g/mol. The van der Waals surface area contributed by atoms with Crippen molar-refractivity contribution in [1.82, 2.24) is 19.4 Å². The van der Waals surface area contributed by atoms with Crippen LogP contribution in [0.3, 0.4) is 0 Å². The van der Waals surface area contributed by atoms with E-state index in [1.807, 2.05) is 75.2 Å². The van der Waals surface area contributed by atoms with Gasteiger partial charge in [0.2, 0.25) is 5.91 Å². The van der Waals surface area contributed by atoms with Gasteiger partial charge in [-0.2, -0.15) is 0 Å². The summed E-state index contributed by atoms with van der Waals surface area (Å²) in [6, 6.07) is 17.9. The van der Waals surface area contributed by atoms with Crippen LogP contribution in [0.2, 0.25) is 0 Å². The van der Waals surface area contributed by atoms with E-state index < -0.39 is 0 Å². The van der Waals surface area contributed by atoms with Crippen LogP contribution >= 0.6 is 0 Å². The van der Waals surface area contributed by atoms with Crippen molar-refractivity contribution in [3.63, 3.8) is 0 Å². The quantitative estimate of drug-likeness (QED) is 0.588. The smallest absolute Gasteiger partial charge is 0.253 e. The zero-order valence-corrected chi connectivity index (χ0v) is 19.3. The highest BCUT2D eigenvalue weighted by atomic mass is 16.5. The lowest BCUT2D eigenvalue weighted by Crippen LogP contribution is -2.54. The summed E-state index contributed by atoms with van der Waals surface area (Å²) in [6.07, 6.45) is 7.87. The van der Waals surface area contributed by atoms with Gasteiger partial charge in [-0.15, -0.1) is 0 Å². The van der Waals surface area contributed by atoms with E-state index in [-0.39, 0.29) is 24.0 Å². The molecule has 2 amide bonds. The highest BCUT2D eigenvalue weighted by Crippen LogP contribution is 2.31. The fourth-order valence-corrected chi connectivity index (χ4v) is 4.99. The molecule has 0 aliphatic carbocycles. The SMILES string of the molecule is O=C1COC2(CCCN(C(=O)c3cccc(Cn4ccnc4)c3)CC2)CN1Cc1ccccc1. The van der Waals surface area contributed by atoms with Gasteiger partial charge < -0.3 is 19.1 Å². The topological polar surface area (TPSA) is 67.7 Å². The zero-order chi connectivity index (χ0) is 23.4. The Kier molecular flexibility index (Phi) is 6.45. The van der Waals surface area contributed by atoms with Crippen LogP contribution in [0.25, 0.3) is 0 Å². The number of likely N-dealkylation sites (tertiary alicyclic amines) is 1. The number of nitrogens with zero attached hydrogens (tertiary/aromatic N) is 4. The maximum Gasteiger partial charge on any atom is 0.253 e. The fraction of sp³-hybridized carbons (Fsp3) is 0.370. The maximum absolute atomic E-state index is 13.3. The van der Waals surface area contributed by atoms with Crippen LogP contribution in [0.5, 0.6) is 0 Å². The van der Waals surface area contributed by atoms with E-state index in [2.05, 4.69) is 4.98 Å². The van der Waals surface area contributed by atoms with Crippen LogP contribution in [-0.4, -0.2) is 63.0 Å². The lowest BCUT2D eigenvalue weighted by molar-refractivity contribution is -0.166. The number of aromatic nitrogens is 2. The summed E-state index contributed by atoms with van der Waals surface area (Å²) in [5.74, 6) is 0.0823. The monoisotopic (exact) mass is 458 g/mol. The molecule has 3 aromatic rings. The standard InChI is InChI=1S/C27H30N4O3/c32-25-19-34-27(20-31(25)18-22-6-2-1-3-7-22)10-5-13-30(14-11-27)26(33)24-9-4-8-23(16-24)17-29-15-12-28-21-29/h1-4,6-9,12,15-16,21H,5,10-11,13-14,17-20H2. The lowest BCUT2D eigenvalue weighted by Gasteiger charge is -2.42. The number of morpholine rings is 1. The third kappa shape index (κ3) is 5.04. The molecule has 3 heterocycles. The van der Waals surface area contributed by atoms with E-state index in [1.165, 1.54) is 0 Å². The fourth-order valence-electron chi connectivity index (χ4n) is 4.99. The largest absolute Gasteiger partial charge is 0.363 e. The van der Waals surface area contributed by atoms with Gasteiger partial charge in [0.05, 0.1) is 18.5 Å². The van der Waals surface area contributed by atoms with Crippen LogP contribution in [-0.2, 0) is 22.6 Å². The molecule has 7 heteroatoms. The van der Waals surface area contributed by atoms with Crippen molar-refractivity contribution in [2.45, 2.75) is 38.0 Å². The van der Waals surface area contributed by atoms with Crippen molar-refractivity contribution in [3.05, 3.63) is 90.0 Å². The molecule has 2 fully saturated rings. The van der Waals surface area contributed by atoms with Crippen molar-refractivity contribution >= 4 is 11.8 Å². The second-order valence-corrected chi connectivity index (χ2v) is 9.29. The van der Waals surface area contributed by atoms with Gasteiger partial charge in [0.1, 0.15) is 6.61 Å². The molecule has 176 valence electrons. The molecule has 1 unspecified atom stereocenters. The van der Waals surface area contributed by atoms with Crippen LogP contribution in [0.4, 0.5) is 0 Å². The predicted octanol–water partition coefficient (Wildman–Crippen LogP) is 3.36. The van der Waals surface area contributed by atoms with Gasteiger partial charge in [-0.05, 0) is 42.5 Å². The molecule has 1 atom stereocenters. The third-order valence-corrected chi connectivity index (χ3v) is 6.83. The summed E-state index contributed by atoms with van der Waals surface area (Å²) in [6.45, 7) is 3.28. The van der Waals surface area contributed by atoms with Crippen molar-refractivity contribution in [3.8, 4) is 0 Å². The lowest BCUT2D eigenvalue weighted by atomic mass is 9.92. The number of carbonyl (C=O) groups is 2. The third-order valence-electron chi connectivity index (χ3n) is 6.83. The molecule has 0 bridgehead atoms. The van der Waals surface area contributed by atoms with Gasteiger partial charge in [0, 0.05) is 44.1 Å². The van der Waals surface area contributed by atoms with Gasteiger partial charge in [-0.1, -0.05) is 42.5 Å². The highest BCUT2D eigenvalue weighted by molar-refractivity contribution is 5.94. The number of benzene rings is 2. The van der Waals surface area contributed by atoms with Crippen LogP contribution in [0.1, 0.15) is 40.7 Å². The molecule has 0 saturated carbocycles. The number of hydrogen-bond acceptors (Lipinski definition) is 4. The Balaban J connectivity index is 1.24. The Morgan fingerprint density at radius 1 is 1.00 bits per heavy atom. The first-order valence-corrected chi connectivity index (χ1v) is 11.9. The van der Waals surface area contributed by atoms with Crippen LogP contribution in [0, 0.1) is 0 Å². The summed E-state index contributed by atoms with van der Waals surface area (Å²) < 4.78 is 8.13. The molecule has 2 saturated heterocycles. The molecular weight excluding hydrogens is 428 g/mol. The Morgan fingerprint density at radius 2 is 1.85 bits per heavy atom. The van der Waals surface area contributed by atoms with Gasteiger partial charge in [0.15, 0.2) is 0 Å². The van der Waals surface area contributed by atoms with E-state index in [4.69, 9.17) is 4.74 Å². The number of hydrogen-bond donors (Lipinski definition) is 0. The van der Waals surface area contributed by atoms with Gasteiger partial charge >= 0.3 is 0 Å². The second kappa shape index (κ2) is 9.81. The maximum atomic E-state index is 13.3. The number of amides is 2. The van der Waals surface area contributed by atoms with E-state index >= 15 is 0 Å². The van der Waals surface area contributed by atoms with E-state index in [1.54, 1.807) is 12.5 Å². The molecule has 1 aromatic heterocycles. The first-order chi connectivity index (χ1) is 16.6. The number of imidazole rings is 1. The molecule has 5 rings (SSSR count). The molecule has 34 heavy (non-hydrogen) atoms. The zero-order valence-electron chi connectivity index (χ0n) is 19.3. The van der Waals surface area contributed by atoms with E-state index in [9.17, 15) is 9.59 Å². The second-order valence-electron chi connectivity index (χ2n) is 9.29. The van der Waals surface area contributed by atoms with Crippen LogP contribution < -0.4 is 0 Å². The molecule has 2 aliphatic rings. The summed E-state index contributed by atoms with van der Waals surface area (Å²) in [5, 5.41) is 0. The summed E-state index contributed by atoms with van der Waals surface area (Å²) in [4.78, 5) is 33.8. The number of carbonyl (C=O) groups excluding carboxylic acids is 2. The molecule has 1 spiro atoms. The molecule has 0 N–H and O–H groups in total. The molecular formula is C27H30N4O3. The minimum atomic E-state index is -0.388. The Morgan fingerprint density at radius 3 is 2.68 bits per heavy atom. The minimum Gasteiger partial charge on any atom is -0.363 e. The normalized spacial score (nSPS) is 21.0. The molecule has 7 nitrogen and oxygen atoms in total. The predicted molar refractivity (Wildman–Crippen MR) is 128 cm³/mol. The Labute approximate surface area is 200 Å². The number of rotatable bonds is 5. The van der Waals surface area contributed by atoms with E-state index in [0.29, 0.717) is 38.3 Å². The molecule has 2 aromatic carbocycles. The van der Waals surface area contributed by atoms with Crippen molar-refractivity contribution in [2.24, 2.45) is 0 Å². The first-order valence-electron chi connectivity index (χ1n) is 11.9. The molecule has 2 aliphatic heterocycles. The van der Waals surface area contributed by atoms with E-state index in [0.717, 1.165) is 30.4 Å². The van der Waals surface area contributed by atoms with Crippen molar-refractivity contribution in [1.29, 1.82) is 0 Å². The first kappa shape index (κ1) is 22.3. The van der Waals surface area contributed by atoms with Crippen molar-refractivity contribution in [2.75, 3.05) is 26.2 Å². The minimum absolute atomic E-state index is 0.0290. The van der Waals surface area contributed by atoms with Crippen LogP contribution in [0.15, 0.2) is 73.3 Å². The Bertz CT molecular complexity index is 1130. The van der Waals surface area contributed by atoms with Crippen molar-refractivity contribution < 1.29 is 14.3 Å². The average Bonchev–Trinajstić information content (AvgIpc) is 3.28. The summed E-state index contributed by atoms with van der Waals surface area (Å²) >= 11 is 0. The van der Waals surface area contributed by atoms with Gasteiger partial charge in [0.25, 0.3) is 5.91 Å². The summed E-state index contributed by atoms with van der Waals surface area (Å²) in [7, 11) is 0. The highest BCUT2D eigenvalue weighted by Gasteiger charge is 2.41. The molecule has 0 radical (unpaired) electrons. The Hall–Kier alpha value is -3.45. The number of ether oxygens (including phenoxy) is 1. The van der Waals surface area contributed by atoms with Gasteiger partial charge in [-0.3, -0.25) is 9.59 Å². The van der Waals surface area contributed by atoms with Gasteiger partial charge in [-0.25, -0.2) is 4.98 Å².